The van der Waals surface area contributed by atoms with E-state index in [1.807, 2.05) is 0 Å². The molecule has 0 spiro atoms. The summed E-state index contributed by atoms with van der Waals surface area (Å²) in [5.41, 5.74) is -4.62. The average molecular weight is 491 g/mol. The summed E-state index contributed by atoms with van der Waals surface area (Å²) in [6, 6.07) is 8.95. The molecule has 0 amide bonds. The monoisotopic (exact) mass is 489 g/mol. The van der Waals surface area contributed by atoms with Crippen molar-refractivity contribution < 1.29 is 23.1 Å². The Morgan fingerprint density at radius 3 is 2.06 bits per heavy atom. The molecule has 0 saturated heterocycles. The maximum atomic E-state index is 14.2. The molecule has 2 aromatic carbocycles. The van der Waals surface area contributed by atoms with Crippen LogP contribution in [-0.4, -0.2) is 15.6 Å². The third kappa shape index (κ3) is 4.31. The van der Waals surface area contributed by atoms with Crippen molar-refractivity contribution in [3.63, 3.8) is 0 Å². The van der Waals surface area contributed by atoms with Gasteiger partial charge in [0.05, 0.1) is 21.3 Å². The van der Waals surface area contributed by atoms with Gasteiger partial charge in [0.25, 0.3) is 0 Å². The van der Waals surface area contributed by atoms with E-state index < -0.39 is 40.1 Å². The van der Waals surface area contributed by atoms with E-state index in [1.165, 1.54) is 49.4 Å². The lowest BCUT2D eigenvalue weighted by Crippen LogP contribution is -2.30. The van der Waals surface area contributed by atoms with Crippen LogP contribution >= 0.6 is 34.8 Å². The standard InChI is InChI=1S/C21H13Cl3F3NO3/c1-2-28-17(11-5-8-13(23)14(24)9-11)16(20(30)31)18(29)15(19(28)21(25,26)27)10-3-6-12(22)7-4-10/h3-9H,2H2,1H3,(H,30,31). The molecule has 0 unspecified atom stereocenters. The first-order valence-electron chi connectivity index (χ1n) is 8.80. The Balaban J connectivity index is 2.58. The summed E-state index contributed by atoms with van der Waals surface area (Å²) in [6.45, 7) is 1.14. The Morgan fingerprint density at radius 2 is 1.58 bits per heavy atom. The van der Waals surface area contributed by atoms with Crippen molar-refractivity contribution in [3.05, 3.63) is 79.0 Å². The number of carboxylic acid groups (broad SMARTS) is 1. The van der Waals surface area contributed by atoms with Crippen LogP contribution in [0.1, 0.15) is 23.0 Å². The van der Waals surface area contributed by atoms with Crippen LogP contribution in [0, 0.1) is 0 Å². The number of hydrogen-bond acceptors (Lipinski definition) is 2. The molecule has 0 aliphatic heterocycles. The predicted octanol–water partition coefficient (Wildman–Crippen LogP) is 6.88. The van der Waals surface area contributed by atoms with Crippen LogP contribution in [0.2, 0.25) is 15.1 Å². The van der Waals surface area contributed by atoms with E-state index in [0.717, 1.165) is 4.57 Å². The first-order chi connectivity index (χ1) is 14.5. The molecule has 3 rings (SSSR count). The quantitative estimate of drug-likeness (QED) is 0.434. The Hall–Kier alpha value is -2.48. The summed E-state index contributed by atoms with van der Waals surface area (Å²) in [5, 5.41) is 10.2. The highest BCUT2D eigenvalue weighted by molar-refractivity contribution is 6.42. The summed E-state index contributed by atoms with van der Waals surface area (Å²) in [6.07, 6.45) is -4.97. The second kappa shape index (κ2) is 8.57. The number of carbonyl (C=O) groups is 1. The van der Waals surface area contributed by atoms with E-state index in [-0.39, 0.29) is 32.7 Å². The van der Waals surface area contributed by atoms with Crippen LogP contribution in [0.5, 0.6) is 0 Å². The molecule has 10 heteroatoms. The topological polar surface area (TPSA) is 59.3 Å². The summed E-state index contributed by atoms with van der Waals surface area (Å²) >= 11 is 17.7. The van der Waals surface area contributed by atoms with Crippen molar-refractivity contribution in [2.45, 2.75) is 19.6 Å². The Bertz CT molecular complexity index is 1240. The van der Waals surface area contributed by atoms with Crippen molar-refractivity contribution in [3.8, 4) is 22.4 Å². The molecule has 1 N–H and O–H groups in total. The van der Waals surface area contributed by atoms with Gasteiger partial charge in [-0.15, -0.1) is 0 Å². The van der Waals surface area contributed by atoms with Gasteiger partial charge in [-0.3, -0.25) is 4.79 Å². The fourth-order valence-electron chi connectivity index (χ4n) is 3.36. The second-order valence-corrected chi connectivity index (χ2v) is 7.71. The smallest absolute Gasteiger partial charge is 0.432 e. The number of carboxylic acids is 1. The van der Waals surface area contributed by atoms with Crippen molar-refractivity contribution in [2.24, 2.45) is 0 Å². The molecule has 1 aromatic heterocycles. The predicted molar refractivity (Wildman–Crippen MR) is 114 cm³/mol. The van der Waals surface area contributed by atoms with Gasteiger partial charge in [0.15, 0.2) is 0 Å². The molecule has 0 radical (unpaired) electrons. The zero-order valence-corrected chi connectivity index (χ0v) is 18.0. The van der Waals surface area contributed by atoms with Gasteiger partial charge in [-0.2, -0.15) is 13.2 Å². The lowest BCUT2D eigenvalue weighted by Gasteiger charge is -2.24. The van der Waals surface area contributed by atoms with E-state index >= 15 is 0 Å². The molecule has 31 heavy (non-hydrogen) atoms. The first kappa shape index (κ1) is 23.2. The van der Waals surface area contributed by atoms with Gasteiger partial charge in [-0.25, -0.2) is 4.79 Å². The van der Waals surface area contributed by atoms with Crippen LogP contribution in [-0.2, 0) is 12.7 Å². The number of halogens is 6. The molecule has 0 atom stereocenters. The van der Waals surface area contributed by atoms with Crippen molar-refractivity contribution in [1.29, 1.82) is 0 Å². The van der Waals surface area contributed by atoms with Crippen LogP contribution < -0.4 is 5.43 Å². The van der Waals surface area contributed by atoms with Gasteiger partial charge in [0.2, 0.25) is 5.43 Å². The Morgan fingerprint density at radius 1 is 1.00 bits per heavy atom. The number of benzene rings is 2. The van der Waals surface area contributed by atoms with Crippen molar-refractivity contribution >= 4 is 40.8 Å². The van der Waals surface area contributed by atoms with Crippen LogP contribution in [0.3, 0.4) is 0 Å². The average Bonchev–Trinajstić information content (AvgIpc) is 2.69. The van der Waals surface area contributed by atoms with Gasteiger partial charge in [0.1, 0.15) is 11.3 Å². The normalized spacial score (nSPS) is 11.6. The van der Waals surface area contributed by atoms with Gasteiger partial charge in [-0.1, -0.05) is 53.0 Å². The molecule has 4 nitrogen and oxygen atoms in total. The summed E-state index contributed by atoms with van der Waals surface area (Å²) in [4.78, 5) is 25.3. The zero-order valence-electron chi connectivity index (χ0n) is 15.7. The van der Waals surface area contributed by atoms with Crippen LogP contribution in [0.25, 0.3) is 22.4 Å². The lowest BCUT2D eigenvalue weighted by molar-refractivity contribution is -0.143. The third-order valence-electron chi connectivity index (χ3n) is 4.59. The number of pyridine rings is 1. The first-order valence-corrected chi connectivity index (χ1v) is 9.93. The van der Waals surface area contributed by atoms with Gasteiger partial charge in [-0.05, 0) is 36.8 Å². The SMILES string of the molecule is CCn1c(-c2ccc(Cl)c(Cl)c2)c(C(=O)O)c(=O)c(-c2ccc(Cl)cc2)c1C(F)(F)F. The number of alkyl halides is 3. The third-order valence-corrected chi connectivity index (χ3v) is 5.58. The highest BCUT2D eigenvalue weighted by Gasteiger charge is 2.41. The van der Waals surface area contributed by atoms with Gasteiger partial charge in [0, 0.05) is 17.1 Å². The van der Waals surface area contributed by atoms with E-state index in [9.17, 15) is 27.9 Å². The summed E-state index contributed by atoms with van der Waals surface area (Å²) in [7, 11) is 0. The molecule has 162 valence electrons. The molecule has 0 bridgehead atoms. The number of aromatic nitrogens is 1. The molecule has 3 aromatic rings. The molecular weight excluding hydrogens is 478 g/mol. The maximum absolute atomic E-state index is 14.2. The summed E-state index contributed by atoms with van der Waals surface area (Å²) in [5.74, 6) is -1.67. The molecule has 0 aliphatic carbocycles. The molecule has 0 fully saturated rings. The van der Waals surface area contributed by atoms with E-state index in [0.29, 0.717) is 0 Å². The lowest BCUT2D eigenvalue weighted by atomic mass is 9.95. The fourth-order valence-corrected chi connectivity index (χ4v) is 3.78. The number of hydrogen-bond donors (Lipinski definition) is 1. The number of aromatic carboxylic acids is 1. The van der Waals surface area contributed by atoms with E-state index in [4.69, 9.17) is 34.8 Å². The largest absolute Gasteiger partial charge is 0.477 e. The minimum absolute atomic E-state index is 0.000874. The van der Waals surface area contributed by atoms with Crippen molar-refractivity contribution in [1.82, 2.24) is 4.57 Å². The maximum Gasteiger partial charge on any atom is 0.432 e. The highest BCUT2D eigenvalue weighted by Crippen LogP contribution is 2.40. The Labute approximate surface area is 189 Å². The minimum Gasteiger partial charge on any atom is -0.477 e. The Kier molecular flexibility index (Phi) is 6.41. The number of nitrogens with zero attached hydrogens (tertiary/aromatic N) is 1. The van der Waals surface area contributed by atoms with E-state index in [1.54, 1.807) is 0 Å². The zero-order chi connectivity index (χ0) is 23.1. The number of rotatable bonds is 4. The second-order valence-electron chi connectivity index (χ2n) is 6.46. The van der Waals surface area contributed by atoms with Gasteiger partial charge < -0.3 is 9.67 Å². The fraction of sp³-hybridized carbons (Fsp3) is 0.143. The molecule has 0 aliphatic rings. The minimum atomic E-state index is -4.97. The highest BCUT2D eigenvalue weighted by atomic mass is 35.5. The molecular formula is C21H13Cl3F3NO3. The van der Waals surface area contributed by atoms with Gasteiger partial charge >= 0.3 is 12.1 Å². The van der Waals surface area contributed by atoms with E-state index in [2.05, 4.69) is 0 Å². The summed E-state index contributed by atoms with van der Waals surface area (Å²) < 4.78 is 43.5. The van der Waals surface area contributed by atoms with Crippen LogP contribution in [0.15, 0.2) is 47.3 Å². The van der Waals surface area contributed by atoms with Crippen molar-refractivity contribution in [2.75, 3.05) is 0 Å². The van der Waals surface area contributed by atoms with Crippen LogP contribution in [0.4, 0.5) is 13.2 Å². The molecule has 0 saturated carbocycles. The molecule has 1 heterocycles.